The second kappa shape index (κ2) is 7.40. The summed E-state index contributed by atoms with van der Waals surface area (Å²) in [6.07, 6.45) is 3.24. The molecular weight excluding hydrogens is 288 g/mol. The number of carbonyl (C=O) groups is 2. The molecule has 0 bridgehead atoms. The molecule has 2 rings (SSSR count). The summed E-state index contributed by atoms with van der Waals surface area (Å²) in [5.74, 6) is -0.283. The lowest BCUT2D eigenvalue weighted by Crippen LogP contribution is -2.10. The molecular formula is C19H20N2O2. The van der Waals surface area contributed by atoms with Crippen LogP contribution in [0.4, 0.5) is 11.4 Å². The highest BCUT2D eigenvalue weighted by molar-refractivity contribution is 6.02. The van der Waals surface area contributed by atoms with E-state index in [9.17, 15) is 9.59 Å². The van der Waals surface area contributed by atoms with Crippen molar-refractivity contribution in [3.8, 4) is 0 Å². The highest BCUT2D eigenvalue weighted by atomic mass is 16.2. The van der Waals surface area contributed by atoms with Crippen molar-refractivity contribution >= 4 is 29.3 Å². The average Bonchev–Trinajstić information content (AvgIpc) is 2.50. The van der Waals surface area contributed by atoms with Gasteiger partial charge in [-0.3, -0.25) is 9.59 Å². The van der Waals surface area contributed by atoms with Crippen LogP contribution in [0.2, 0.25) is 0 Å². The molecule has 4 nitrogen and oxygen atoms in total. The van der Waals surface area contributed by atoms with E-state index in [4.69, 9.17) is 0 Å². The summed E-state index contributed by atoms with van der Waals surface area (Å²) in [7, 11) is 0. The molecule has 2 N–H and O–H groups in total. The molecule has 0 aliphatic heterocycles. The molecule has 4 heteroatoms. The predicted octanol–water partition coefficient (Wildman–Crippen LogP) is 3.91. The Morgan fingerprint density at radius 3 is 2.09 bits per heavy atom. The zero-order chi connectivity index (χ0) is 16.8. The van der Waals surface area contributed by atoms with Crippen molar-refractivity contribution in [2.45, 2.75) is 20.8 Å². The van der Waals surface area contributed by atoms with Gasteiger partial charge in [0.15, 0.2) is 0 Å². The fourth-order valence-corrected chi connectivity index (χ4v) is 2.23. The number of amides is 2. The second-order valence-corrected chi connectivity index (χ2v) is 5.39. The maximum Gasteiger partial charge on any atom is 0.248 e. The van der Waals surface area contributed by atoms with Crippen molar-refractivity contribution in [1.82, 2.24) is 0 Å². The molecule has 0 spiro atoms. The van der Waals surface area contributed by atoms with Gasteiger partial charge < -0.3 is 10.6 Å². The van der Waals surface area contributed by atoms with Gasteiger partial charge in [-0.1, -0.05) is 30.3 Å². The van der Waals surface area contributed by atoms with Crippen LogP contribution in [0.5, 0.6) is 0 Å². The fraction of sp³-hybridized carbons (Fsp3) is 0.158. The van der Waals surface area contributed by atoms with Gasteiger partial charge in [0.1, 0.15) is 0 Å². The van der Waals surface area contributed by atoms with Gasteiger partial charge >= 0.3 is 0 Å². The molecule has 2 aromatic rings. The largest absolute Gasteiger partial charge is 0.326 e. The summed E-state index contributed by atoms with van der Waals surface area (Å²) in [6, 6.07) is 13.2. The molecule has 0 atom stereocenters. The number of aryl methyl sites for hydroxylation is 2. The topological polar surface area (TPSA) is 58.2 Å². The molecule has 2 amide bonds. The van der Waals surface area contributed by atoms with Crippen molar-refractivity contribution < 1.29 is 9.59 Å². The smallest absolute Gasteiger partial charge is 0.248 e. The molecule has 0 radical (unpaired) electrons. The minimum Gasteiger partial charge on any atom is -0.326 e. The van der Waals surface area contributed by atoms with Gasteiger partial charge in [0, 0.05) is 24.4 Å². The SMILES string of the molecule is CC(=O)Nc1ccc(/C=C/C(=O)Nc2c(C)cccc2C)cc1. The Balaban J connectivity index is 2.02. The third-order valence-electron chi connectivity index (χ3n) is 3.39. The van der Waals surface area contributed by atoms with Crippen molar-refractivity contribution in [3.63, 3.8) is 0 Å². The Bertz CT molecular complexity index is 726. The van der Waals surface area contributed by atoms with Crippen LogP contribution in [0.15, 0.2) is 48.5 Å². The van der Waals surface area contributed by atoms with E-state index >= 15 is 0 Å². The van der Waals surface area contributed by atoms with Crippen molar-refractivity contribution in [2.24, 2.45) is 0 Å². The van der Waals surface area contributed by atoms with Crippen LogP contribution < -0.4 is 10.6 Å². The number of nitrogens with one attached hydrogen (secondary N) is 2. The first kappa shape index (κ1) is 16.5. The lowest BCUT2D eigenvalue weighted by atomic mass is 10.1. The first-order valence-electron chi connectivity index (χ1n) is 7.38. The van der Waals surface area contributed by atoms with Crippen molar-refractivity contribution in [1.29, 1.82) is 0 Å². The standard InChI is InChI=1S/C19H20N2O2/c1-13-5-4-6-14(2)19(13)21-18(23)12-9-16-7-10-17(11-8-16)20-15(3)22/h4-12H,1-3H3,(H,20,22)(H,21,23)/b12-9+. The number of anilines is 2. The Hall–Kier alpha value is -2.88. The number of carbonyl (C=O) groups excluding carboxylic acids is 2. The maximum absolute atomic E-state index is 12.0. The quantitative estimate of drug-likeness (QED) is 0.841. The number of benzene rings is 2. The normalized spacial score (nSPS) is 10.6. The predicted molar refractivity (Wildman–Crippen MR) is 94.3 cm³/mol. The number of hydrogen-bond acceptors (Lipinski definition) is 2. The third kappa shape index (κ3) is 4.81. The van der Waals surface area contributed by atoms with Gasteiger partial charge in [0.05, 0.1) is 0 Å². The van der Waals surface area contributed by atoms with E-state index in [1.54, 1.807) is 18.2 Å². The maximum atomic E-state index is 12.0. The Kier molecular flexibility index (Phi) is 5.31. The lowest BCUT2D eigenvalue weighted by molar-refractivity contribution is -0.114. The molecule has 0 heterocycles. The van der Waals surface area contributed by atoms with E-state index in [-0.39, 0.29) is 11.8 Å². The van der Waals surface area contributed by atoms with Gasteiger partial charge in [-0.2, -0.15) is 0 Å². The summed E-state index contributed by atoms with van der Waals surface area (Å²) in [5, 5.41) is 5.60. The Morgan fingerprint density at radius 2 is 1.52 bits per heavy atom. The lowest BCUT2D eigenvalue weighted by Gasteiger charge is -2.09. The zero-order valence-corrected chi connectivity index (χ0v) is 13.5. The minimum absolute atomic E-state index is 0.110. The van der Waals surface area contributed by atoms with Crippen LogP contribution in [0.3, 0.4) is 0 Å². The minimum atomic E-state index is -0.173. The Labute approximate surface area is 136 Å². The number of para-hydroxylation sites is 1. The summed E-state index contributed by atoms with van der Waals surface area (Å²) in [5.41, 5.74) is 4.53. The summed E-state index contributed by atoms with van der Waals surface area (Å²) in [6.45, 7) is 5.39. The van der Waals surface area contributed by atoms with Gasteiger partial charge in [0.25, 0.3) is 0 Å². The molecule has 0 saturated carbocycles. The van der Waals surface area contributed by atoms with E-state index < -0.39 is 0 Å². The highest BCUT2D eigenvalue weighted by Gasteiger charge is 2.04. The van der Waals surface area contributed by atoms with Gasteiger partial charge in [-0.25, -0.2) is 0 Å². The fourth-order valence-electron chi connectivity index (χ4n) is 2.23. The van der Waals surface area contributed by atoms with Crippen LogP contribution >= 0.6 is 0 Å². The third-order valence-corrected chi connectivity index (χ3v) is 3.39. The van der Waals surface area contributed by atoms with Crippen LogP contribution in [0, 0.1) is 13.8 Å². The Morgan fingerprint density at radius 1 is 0.913 bits per heavy atom. The molecule has 23 heavy (non-hydrogen) atoms. The highest BCUT2D eigenvalue weighted by Crippen LogP contribution is 2.19. The number of rotatable bonds is 4. The van der Waals surface area contributed by atoms with Crippen LogP contribution in [-0.2, 0) is 9.59 Å². The molecule has 0 fully saturated rings. The van der Waals surface area contributed by atoms with Gasteiger partial charge in [-0.15, -0.1) is 0 Å². The molecule has 0 unspecified atom stereocenters. The van der Waals surface area contributed by atoms with Crippen molar-refractivity contribution in [3.05, 3.63) is 65.2 Å². The molecule has 0 aromatic heterocycles. The molecule has 0 saturated heterocycles. The van der Waals surface area contributed by atoms with E-state index in [2.05, 4.69) is 10.6 Å². The van der Waals surface area contributed by atoms with E-state index in [0.29, 0.717) is 0 Å². The summed E-state index contributed by atoms with van der Waals surface area (Å²) < 4.78 is 0. The zero-order valence-electron chi connectivity index (χ0n) is 13.5. The molecule has 0 aliphatic rings. The van der Waals surface area contributed by atoms with E-state index in [0.717, 1.165) is 28.1 Å². The second-order valence-electron chi connectivity index (χ2n) is 5.39. The van der Waals surface area contributed by atoms with E-state index in [1.807, 2.05) is 44.2 Å². The summed E-state index contributed by atoms with van der Waals surface area (Å²) in [4.78, 5) is 23.0. The van der Waals surface area contributed by atoms with Gasteiger partial charge in [0.2, 0.25) is 11.8 Å². The number of hydrogen-bond donors (Lipinski definition) is 2. The van der Waals surface area contributed by atoms with Crippen LogP contribution in [0.1, 0.15) is 23.6 Å². The first-order valence-corrected chi connectivity index (χ1v) is 7.38. The molecule has 118 valence electrons. The van der Waals surface area contributed by atoms with Gasteiger partial charge in [-0.05, 0) is 48.7 Å². The summed E-state index contributed by atoms with van der Waals surface area (Å²) >= 11 is 0. The van der Waals surface area contributed by atoms with Crippen molar-refractivity contribution in [2.75, 3.05) is 10.6 Å². The molecule has 2 aromatic carbocycles. The molecule has 0 aliphatic carbocycles. The monoisotopic (exact) mass is 308 g/mol. The van der Waals surface area contributed by atoms with Crippen LogP contribution in [0.25, 0.3) is 6.08 Å². The van der Waals surface area contributed by atoms with E-state index in [1.165, 1.54) is 13.0 Å². The average molecular weight is 308 g/mol. The first-order chi connectivity index (χ1) is 11.0. The van der Waals surface area contributed by atoms with Crippen LogP contribution in [-0.4, -0.2) is 11.8 Å².